The van der Waals surface area contributed by atoms with Crippen molar-refractivity contribution < 1.29 is 72.3 Å². The molecule has 0 aliphatic carbocycles. The molecule has 552 valence electrons. The molecule has 4 aliphatic rings. The number of aldehydes is 1. The van der Waals surface area contributed by atoms with Gasteiger partial charge < -0.3 is 54.3 Å². The normalized spacial score (nSPS) is 14.8. The van der Waals surface area contributed by atoms with Crippen molar-refractivity contribution in [3.05, 3.63) is 215 Å². The summed E-state index contributed by atoms with van der Waals surface area (Å²) in [5, 5.41) is 55.8. The number of rotatable bonds is 12. The second-order valence-corrected chi connectivity index (χ2v) is 31.5. The molecule has 9 aromatic rings. The Kier molecular flexibility index (Phi) is 28.1. The molecule has 13 rings (SSSR count). The Morgan fingerprint density at radius 1 is 0.519 bits per heavy atom. The average molecular weight is 1770 g/mol. The predicted octanol–water partition coefficient (Wildman–Crippen LogP) is 18.2. The number of fused-ring (bicyclic) bond motifs is 4. The van der Waals surface area contributed by atoms with Gasteiger partial charge in [-0.2, -0.15) is 0 Å². The number of aliphatic hydroxyl groups excluding tert-OH is 5. The number of aromatic nitrogens is 6. The van der Waals surface area contributed by atoms with E-state index in [2.05, 4.69) is 101 Å². The first kappa shape index (κ1) is 83.2. The summed E-state index contributed by atoms with van der Waals surface area (Å²) in [5.41, 5.74) is 11.0. The van der Waals surface area contributed by atoms with Gasteiger partial charge >= 0.3 is 0 Å². The van der Waals surface area contributed by atoms with Gasteiger partial charge in [-0.15, -0.1) is 0 Å². The quantitative estimate of drug-likeness (QED) is 0.0287. The van der Waals surface area contributed by atoms with Crippen molar-refractivity contribution in [2.45, 2.75) is 123 Å². The van der Waals surface area contributed by atoms with Crippen molar-refractivity contribution in [1.82, 2.24) is 29.9 Å². The fourth-order valence-corrected chi connectivity index (χ4v) is 13.6. The zero-order valence-electron chi connectivity index (χ0n) is 57.9. The lowest BCUT2D eigenvalue weighted by molar-refractivity contribution is 0.111. The SMILES string of the molecule is C=C(C)COc1c(I)cc(CO)nc1Cl.CC(O)c1cc2c(c(-c3ccc(F)c(Cl)c3)n1)OCC2(C)C.CC1(C)COc2c1cc(C=O)nc2-c1ccc(F)c(Cl)c1.CC1(C)COc2c1cc(CO)nc2-c1ccc(F)c(Cl)c1.CC1(C)COc2c1cc(CO)nc2Cl.OCc1cc(I)c(O)c(Cl)n1. The molecular formula is C75H73Cl6F3I2N6O12. The number of halogens is 11. The summed E-state index contributed by atoms with van der Waals surface area (Å²) in [7, 11) is 0. The average Bonchev–Trinajstić information content (AvgIpc) is 1.60. The van der Waals surface area contributed by atoms with Crippen LogP contribution in [0.15, 0.2) is 103 Å². The number of benzene rings is 3. The minimum atomic E-state index is -0.698. The van der Waals surface area contributed by atoms with Crippen molar-refractivity contribution in [3.8, 4) is 68.3 Å². The second-order valence-electron chi connectivity index (χ2n) is 26.9. The van der Waals surface area contributed by atoms with E-state index in [0.717, 1.165) is 31.4 Å². The molecular weight excluding hydrogens is 1700 g/mol. The lowest BCUT2D eigenvalue weighted by Gasteiger charge is -2.17. The monoisotopic (exact) mass is 1770 g/mol. The Hall–Kier alpha value is -6.44. The molecule has 104 heavy (non-hydrogen) atoms. The maximum atomic E-state index is 13.4. The molecule has 0 amide bonds. The highest BCUT2D eigenvalue weighted by Crippen LogP contribution is 2.49. The van der Waals surface area contributed by atoms with Gasteiger partial charge in [-0.05, 0) is 156 Å². The number of hydrogen-bond acceptors (Lipinski definition) is 18. The molecule has 0 bridgehead atoms. The molecule has 1 atom stereocenters. The summed E-state index contributed by atoms with van der Waals surface area (Å²) in [6, 6.07) is 23.9. The molecule has 0 saturated carbocycles. The molecule has 29 heteroatoms. The third kappa shape index (κ3) is 19.8. The summed E-state index contributed by atoms with van der Waals surface area (Å²) in [6.07, 6.45) is -0.0000766. The van der Waals surface area contributed by atoms with Crippen LogP contribution in [0, 0.1) is 24.6 Å². The first-order valence-corrected chi connectivity index (χ1v) is 36.3. The predicted molar refractivity (Wildman–Crippen MR) is 413 cm³/mol. The van der Waals surface area contributed by atoms with Crippen LogP contribution in [-0.4, -0.2) is 99.9 Å². The van der Waals surface area contributed by atoms with Crippen LogP contribution in [0.3, 0.4) is 0 Å². The molecule has 0 spiro atoms. The fraction of sp³-hybridized carbons (Fsp3) is 0.320. The summed E-state index contributed by atoms with van der Waals surface area (Å²) in [4.78, 5) is 36.1. The van der Waals surface area contributed by atoms with Crippen molar-refractivity contribution in [2.24, 2.45) is 0 Å². The standard InChI is InChI=1S/C17H17ClFNO2.C16H15ClFNO2.C16H13ClFNO2.C10H11ClINO2.C10H12ClNO2.C6H5ClINO2/c1-9(21)14-7-11-16(22-8-17(11,2)3)15(20-14)10-4-5-13(19)12(18)6-10;2*1-16(2)8-21-15-11(16)6-10(7-20)19-14(15)9-3-4-13(18)12(17)5-9;1-6(2)5-15-9-8(12)3-7(4-14)13-10(9)11;1-10(2)5-14-8-7(10)3-6(4-13)12-9(8)11;7-6-5(11)4(8)1-3(2-10)9-6/h4-7,9,21H,8H2,1-3H3;3-6,20H,7-8H2,1-2H3;3-7H,8H2,1-2H3;3,14H,1,4-5H2,2H3;3,13H,4-5H2,1-2H3;1,10-11H,2H2. The molecule has 0 fully saturated rings. The van der Waals surface area contributed by atoms with Gasteiger partial charge in [-0.3, -0.25) is 4.79 Å². The van der Waals surface area contributed by atoms with Crippen molar-refractivity contribution in [2.75, 3.05) is 33.0 Å². The van der Waals surface area contributed by atoms with Gasteiger partial charge in [0.05, 0.1) is 110 Å². The Labute approximate surface area is 657 Å². The van der Waals surface area contributed by atoms with E-state index in [4.69, 9.17) is 114 Å². The van der Waals surface area contributed by atoms with E-state index in [9.17, 15) is 28.2 Å². The molecule has 0 radical (unpaired) electrons. The minimum absolute atomic E-state index is 0.0109. The van der Waals surface area contributed by atoms with E-state index in [0.29, 0.717) is 145 Å². The molecule has 6 N–H and O–H groups in total. The highest BCUT2D eigenvalue weighted by atomic mass is 127. The third-order valence-corrected chi connectivity index (χ3v) is 19.6. The summed E-state index contributed by atoms with van der Waals surface area (Å²) in [6.45, 7) is 25.8. The zero-order valence-corrected chi connectivity index (χ0v) is 66.7. The van der Waals surface area contributed by atoms with Crippen molar-refractivity contribution in [3.63, 3.8) is 0 Å². The summed E-state index contributed by atoms with van der Waals surface area (Å²) in [5.74, 6) is 1.71. The third-order valence-electron chi connectivity index (χ3n) is 16.4. The van der Waals surface area contributed by atoms with E-state index >= 15 is 0 Å². The lowest BCUT2D eigenvalue weighted by atomic mass is 9.86. The number of nitrogens with zero attached hydrogens (tertiary/aromatic N) is 6. The van der Waals surface area contributed by atoms with Gasteiger partial charge in [-0.1, -0.05) is 132 Å². The maximum absolute atomic E-state index is 13.4. The van der Waals surface area contributed by atoms with Gasteiger partial charge in [0.2, 0.25) is 0 Å². The molecule has 4 aliphatic heterocycles. The number of aliphatic hydroxyl groups is 5. The van der Waals surface area contributed by atoms with E-state index in [-0.39, 0.29) is 79.2 Å². The molecule has 10 heterocycles. The van der Waals surface area contributed by atoms with Gasteiger partial charge in [0.1, 0.15) is 64.1 Å². The van der Waals surface area contributed by atoms with Gasteiger partial charge in [0, 0.05) is 60.6 Å². The first-order chi connectivity index (χ1) is 48.9. The minimum Gasteiger partial charge on any atom is -0.504 e. The van der Waals surface area contributed by atoms with E-state index in [1.165, 1.54) is 36.4 Å². The number of aromatic hydroxyl groups is 1. The lowest BCUT2D eigenvalue weighted by Crippen LogP contribution is -2.18. The number of ether oxygens (including phenoxy) is 5. The highest BCUT2D eigenvalue weighted by Gasteiger charge is 2.39. The van der Waals surface area contributed by atoms with E-state index < -0.39 is 23.6 Å². The molecule has 18 nitrogen and oxygen atoms in total. The smallest absolute Gasteiger partial charge is 0.172 e. The summed E-state index contributed by atoms with van der Waals surface area (Å²) < 4.78 is 69.7. The van der Waals surface area contributed by atoms with Crippen LogP contribution in [0.1, 0.15) is 137 Å². The summed E-state index contributed by atoms with van der Waals surface area (Å²) >= 11 is 38.9. The molecule has 0 saturated heterocycles. The van der Waals surface area contributed by atoms with Crippen LogP contribution in [0.25, 0.3) is 33.8 Å². The Morgan fingerprint density at radius 3 is 1.27 bits per heavy atom. The number of hydrogen-bond donors (Lipinski definition) is 6. The van der Waals surface area contributed by atoms with Gasteiger partial charge in [0.15, 0.2) is 39.0 Å². The van der Waals surface area contributed by atoms with Crippen LogP contribution >= 0.6 is 115 Å². The Balaban J connectivity index is 0.000000160. The van der Waals surface area contributed by atoms with Crippen molar-refractivity contribution >= 4 is 121 Å². The maximum Gasteiger partial charge on any atom is 0.172 e. The highest BCUT2D eigenvalue weighted by molar-refractivity contribution is 14.1. The number of pyridine rings is 6. The van der Waals surface area contributed by atoms with Gasteiger partial charge in [0.25, 0.3) is 0 Å². The van der Waals surface area contributed by atoms with Crippen molar-refractivity contribution in [1.29, 1.82) is 0 Å². The van der Waals surface area contributed by atoms with Gasteiger partial charge in [-0.25, -0.2) is 43.1 Å². The molecule has 1 unspecified atom stereocenters. The number of carbonyl (C=O) groups is 1. The number of carbonyl (C=O) groups excluding carboxylic acids is 1. The van der Waals surface area contributed by atoms with Crippen LogP contribution in [0.5, 0.6) is 34.5 Å². The van der Waals surface area contributed by atoms with E-state index in [1.54, 1.807) is 43.3 Å². The molecule has 6 aromatic heterocycles. The van der Waals surface area contributed by atoms with Crippen LogP contribution in [0.2, 0.25) is 30.5 Å². The largest absolute Gasteiger partial charge is 0.504 e. The van der Waals surface area contributed by atoms with Crippen LogP contribution in [-0.2, 0) is 48.1 Å². The Bertz CT molecular complexity index is 4670. The first-order valence-electron chi connectivity index (χ1n) is 31.8. The molecule has 3 aromatic carbocycles. The zero-order chi connectivity index (χ0) is 76.7. The van der Waals surface area contributed by atoms with Crippen LogP contribution in [0.4, 0.5) is 13.2 Å². The van der Waals surface area contributed by atoms with Crippen LogP contribution < -0.4 is 23.7 Å². The fourth-order valence-electron chi connectivity index (χ4n) is 10.6. The second kappa shape index (κ2) is 35.1. The van der Waals surface area contributed by atoms with E-state index in [1.807, 2.05) is 61.6 Å². The Morgan fingerprint density at radius 2 is 0.875 bits per heavy atom. The topological polar surface area (TPSA) is 262 Å².